The van der Waals surface area contributed by atoms with Gasteiger partial charge in [-0.3, -0.25) is 10.2 Å². The summed E-state index contributed by atoms with van der Waals surface area (Å²) in [6.45, 7) is 7.02. The van der Waals surface area contributed by atoms with Gasteiger partial charge in [-0.25, -0.2) is 4.79 Å². The fourth-order valence-electron chi connectivity index (χ4n) is 3.05. The molecule has 0 fully saturated rings. The highest BCUT2D eigenvalue weighted by Crippen LogP contribution is 2.23. The molecule has 0 spiro atoms. The number of aromatic hydroxyl groups is 1. The zero-order chi connectivity index (χ0) is 20.2. The van der Waals surface area contributed by atoms with Crippen LogP contribution in [-0.4, -0.2) is 35.8 Å². The van der Waals surface area contributed by atoms with E-state index in [1.165, 1.54) is 5.56 Å². The molecule has 2 aromatic carbocycles. The second-order valence-corrected chi connectivity index (χ2v) is 6.86. The lowest BCUT2D eigenvalue weighted by Crippen LogP contribution is -2.22. The lowest BCUT2D eigenvalue weighted by molar-refractivity contribution is 0.159. The summed E-state index contributed by atoms with van der Waals surface area (Å²) in [6.07, 6.45) is 3.55. The van der Waals surface area contributed by atoms with Gasteiger partial charge in [-0.15, -0.1) is 0 Å². The average molecular weight is 385 g/mol. The second kappa shape index (κ2) is 12.0. The third-order valence-corrected chi connectivity index (χ3v) is 4.80. The predicted octanol–water partition coefficient (Wildman–Crippen LogP) is 5.20. The highest BCUT2D eigenvalue weighted by molar-refractivity contribution is 5.84. The maximum absolute atomic E-state index is 12.0. The second-order valence-electron chi connectivity index (χ2n) is 6.86. The Morgan fingerprint density at radius 1 is 1.04 bits per heavy atom. The van der Waals surface area contributed by atoms with Crippen molar-refractivity contribution in [2.24, 2.45) is 0 Å². The van der Waals surface area contributed by atoms with Crippen LogP contribution < -0.4 is 5.32 Å². The number of hydrogen-bond acceptors (Lipinski definition) is 4. The minimum absolute atomic E-state index is 0.240. The van der Waals surface area contributed by atoms with Gasteiger partial charge in [-0.05, 0) is 62.5 Å². The Morgan fingerprint density at radius 2 is 1.79 bits per heavy atom. The Labute approximate surface area is 168 Å². The predicted molar refractivity (Wildman–Crippen MR) is 114 cm³/mol. The van der Waals surface area contributed by atoms with E-state index in [0.29, 0.717) is 18.8 Å². The van der Waals surface area contributed by atoms with Crippen molar-refractivity contribution in [1.29, 1.82) is 0 Å². The van der Waals surface area contributed by atoms with Crippen LogP contribution in [0, 0.1) is 0 Å². The van der Waals surface area contributed by atoms with Gasteiger partial charge in [-0.1, -0.05) is 44.2 Å². The smallest absolute Gasteiger partial charge is 0.411 e. The number of hydrogen-bond donors (Lipinski definition) is 2. The minimum atomic E-state index is -0.456. The number of ether oxygens (including phenoxy) is 1. The van der Waals surface area contributed by atoms with E-state index in [4.69, 9.17) is 4.74 Å². The lowest BCUT2D eigenvalue weighted by atomic mass is 10.1. The molecule has 2 rings (SSSR count). The van der Waals surface area contributed by atoms with E-state index in [9.17, 15) is 9.90 Å². The topological polar surface area (TPSA) is 61.8 Å². The molecule has 0 atom stereocenters. The first-order valence-electron chi connectivity index (χ1n) is 10.1. The van der Waals surface area contributed by atoms with Crippen LogP contribution in [0.15, 0.2) is 48.5 Å². The molecule has 0 aliphatic heterocycles. The minimum Gasteiger partial charge on any atom is -0.508 e. The number of phenolic OH excluding ortho intramolecular Hbond substituents is 1. The Morgan fingerprint density at radius 3 is 2.50 bits per heavy atom. The largest absolute Gasteiger partial charge is 0.508 e. The zero-order valence-corrected chi connectivity index (χ0v) is 17.0. The molecular weight excluding hydrogens is 352 g/mol. The van der Waals surface area contributed by atoms with Crippen molar-refractivity contribution < 1.29 is 14.6 Å². The molecule has 1 amide bonds. The first-order chi connectivity index (χ1) is 13.6. The quantitative estimate of drug-likeness (QED) is 0.413. The Kier molecular flexibility index (Phi) is 9.35. The van der Waals surface area contributed by atoms with Crippen LogP contribution in [-0.2, 0) is 17.7 Å². The van der Waals surface area contributed by atoms with Gasteiger partial charge in [0.2, 0.25) is 0 Å². The number of nitrogens with one attached hydrogen (secondary N) is 1. The summed E-state index contributed by atoms with van der Waals surface area (Å²) in [5.74, 6) is 0.240. The van der Waals surface area contributed by atoms with Crippen LogP contribution >= 0.6 is 0 Å². The molecule has 152 valence electrons. The molecule has 2 aromatic rings. The van der Waals surface area contributed by atoms with Gasteiger partial charge in [0, 0.05) is 17.8 Å². The molecule has 0 aromatic heterocycles. The molecule has 2 N–H and O–H groups in total. The number of unbranched alkanes of at least 4 members (excludes halogenated alkanes) is 2. The SMILES string of the molecule is CCN(CC)Cc1cc(NC(=O)OCCCCCc2ccccc2)ccc1O. The number of benzene rings is 2. The summed E-state index contributed by atoms with van der Waals surface area (Å²) in [4.78, 5) is 14.2. The molecule has 0 bridgehead atoms. The monoisotopic (exact) mass is 384 g/mol. The van der Waals surface area contributed by atoms with Crippen LogP contribution in [0.3, 0.4) is 0 Å². The fraction of sp³-hybridized carbons (Fsp3) is 0.435. The maximum Gasteiger partial charge on any atom is 0.411 e. The van der Waals surface area contributed by atoms with Crippen molar-refractivity contribution in [3.63, 3.8) is 0 Å². The van der Waals surface area contributed by atoms with E-state index in [-0.39, 0.29) is 5.75 Å². The third-order valence-electron chi connectivity index (χ3n) is 4.80. The lowest BCUT2D eigenvalue weighted by Gasteiger charge is -2.19. The molecule has 5 nitrogen and oxygen atoms in total. The first kappa shape index (κ1) is 21.8. The van der Waals surface area contributed by atoms with Crippen molar-refractivity contribution in [1.82, 2.24) is 4.90 Å². The third kappa shape index (κ3) is 7.61. The maximum atomic E-state index is 12.0. The number of anilines is 1. The Hall–Kier alpha value is -2.53. The molecule has 0 radical (unpaired) electrons. The molecule has 0 saturated carbocycles. The van der Waals surface area contributed by atoms with E-state index < -0.39 is 6.09 Å². The highest BCUT2D eigenvalue weighted by atomic mass is 16.5. The summed E-state index contributed by atoms with van der Waals surface area (Å²) < 4.78 is 5.27. The number of rotatable bonds is 11. The van der Waals surface area contributed by atoms with Crippen LogP contribution in [0.25, 0.3) is 0 Å². The van der Waals surface area contributed by atoms with Gasteiger partial charge in [0.1, 0.15) is 5.75 Å². The summed E-state index contributed by atoms with van der Waals surface area (Å²) in [6, 6.07) is 15.5. The Balaban J connectivity index is 1.69. The van der Waals surface area contributed by atoms with Crippen molar-refractivity contribution in [2.45, 2.75) is 46.1 Å². The van der Waals surface area contributed by atoms with Gasteiger partial charge < -0.3 is 9.84 Å². The molecule has 5 heteroatoms. The van der Waals surface area contributed by atoms with Crippen LogP contribution in [0.5, 0.6) is 5.75 Å². The number of aryl methyl sites for hydroxylation is 1. The molecule has 0 aliphatic carbocycles. The number of nitrogens with zero attached hydrogens (tertiary/aromatic N) is 1. The highest BCUT2D eigenvalue weighted by Gasteiger charge is 2.09. The van der Waals surface area contributed by atoms with Gasteiger partial charge in [-0.2, -0.15) is 0 Å². The van der Waals surface area contributed by atoms with E-state index in [1.807, 2.05) is 6.07 Å². The van der Waals surface area contributed by atoms with Gasteiger partial charge >= 0.3 is 6.09 Å². The van der Waals surface area contributed by atoms with E-state index in [0.717, 1.165) is 44.3 Å². The summed E-state index contributed by atoms with van der Waals surface area (Å²) in [5.41, 5.74) is 2.77. The molecule has 0 heterocycles. The fourth-order valence-corrected chi connectivity index (χ4v) is 3.05. The van der Waals surface area contributed by atoms with E-state index in [2.05, 4.69) is 48.3 Å². The summed E-state index contributed by atoms with van der Waals surface area (Å²) >= 11 is 0. The molecular formula is C23H32N2O3. The van der Waals surface area contributed by atoms with Crippen molar-refractivity contribution >= 4 is 11.8 Å². The average Bonchev–Trinajstić information content (AvgIpc) is 2.71. The van der Waals surface area contributed by atoms with Gasteiger partial charge in [0.05, 0.1) is 6.61 Å². The normalized spacial score (nSPS) is 10.8. The standard InChI is InChI=1S/C23H32N2O3/c1-3-25(4-2)18-20-17-21(14-15-22(20)26)24-23(27)28-16-10-6-9-13-19-11-7-5-8-12-19/h5,7-8,11-12,14-15,17,26H,3-4,6,9-10,13,16,18H2,1-2H3,(H,24,27). The molecule has 0 unspecified atom stereocenters. The number of amides is 1. The van der Waals surface area contributed by atoms with E-state index >= 15 is 0 Å². The van der Waals surface area contributed by atoms with Crippen LogP contribution in [0.2, 0.25) is 0 Å². The summed E-state index contributed by atoms with van der Waals surface area (Å²) in [5, 5.41) is 12.8. The van der Waals surface area contributed by atoms with Crippen LogP contribution in [0.4, 0.5) is 10.5 Å². The number of carbonyl (C=O) groups is 1. The number of phenols is 1. The van der Waals surface area contributed by atoms with Crippen molar-refractivity contribution in [3.05, 3.63) is 59.7 Å². The molecule has 0 aliphatic rings. The van der Waals surface area contributed by atoms with E-state index in [1.54, 1.807) is 18.2 Å². The first-order valence-corrected chi connectivity index (χ1v) is 10.1. The van der Waals surface area contributed by atoms with Crippen molar-refractivity contribution in [3.8, 4) is 5.75 Å². The molecule has 28 heavy (non-hydrogen) atoms. The van der Waals surface area contributed by atoms with Crippen molar-refractivity contribution in [2.75, 3.05) is 25.0 Å². The van der Waals surface area contributed by atoms with Gasteiger partial charge in [0.25, 0.3) is 0 Å². The van der Waals surface area contributed by atoms with Gasteiger partial charge in [0.15, 0.2) is 0 Å². The summed E-state index contributed by atoms with van der Waals surface area (Å²) in [7, 11) is 0. The molecule has 0 saturated heterocycles. The zero-order valence-electron chi connectivity index (χ0n) is 17.0. The number of carbonyl (C=O) groups excluding carboxylic acids is 1. The Bertz CT molecular complexity index is 715. The van der Waals surface area contributed by atoms with Crippen LogP contribution in [0.1, 0.15) is 44.2 Å².